The molecule has 1 N–H and O–H groups in total. The molecule has 0 unspecified atom stereocenters. The standard InChI is InChI=1S/C25H30ClN3O5/c1-31-24-13-20(5-6-23(24)33-12-10-28-8-7-27-19-28)15-29-9-11-32-17-25(30,16-29)18-34-22-4-2-3-21(26)14-22/h2-8,13-14,19,30H,9-12,15-18H2,1H3/t25-/m1/s1. The molecule has 3 aromatic rings. The van der Waals surface area contributed by atoms with Gasteiger partial charge in [-0.1, -0.05) is 23.7 Å². The van der Waals surface area contributed by atoms with Crippen LogP contribution in [0.2, 0.25) is 5.02 Å². The number of hydrogen-bond donors (Lipinski definition) is 1. The molecule has 0 amide bonds. The Morgan fingerprint density at radius 1 is 1.18 bits per heavy atom. The second-order valence-corrected chi connectivity index (χ2v) is 8.80. The molecule has 4 rings (SSSR count). The molecule has 1 atom stereocenters. The van der Waals surface area contributed by atoms with E-state index < -0.39 is 5.60 Å². The second-order valence-electron chi connectivity index (χ2n) is 8.37. The number of benzene rings is 2. The van der Waals surface area contributed by atoms with E-state index in [4.69, 9.17) is 30.5 Å². The van der Waals surface area contributed by atoms with Gasteiger partial charge >= 0.3 is 0 Å². The van der Waals surface area contributed by atoms with Gasteiger partial charge in [-0.2, -0.15) is 0 Å². The molecule has 34 heavy (non-hydrogen) atoms. The maximum atomic E-state index is 11.2. The van der Waals surface area contributed by atoms with E-state index in [9.17, 15) is 5.11 Å². The highest BCUT2D eigenvalue weighted by atomic mass is 35.5. The SMILES string of the molecule is COc1cc(CN2CCOC[C@@](O)(COc3cccc(Cl)c3)C2)ccc1OCCn1ccnc1. The number of halogens is 1. The number of aliphatic hydroxyl groups is 1. The molecule has 1 aliphatic heterocycles. The zero-order valence-electron chi connectivity index (χ0n) is 19.2. The maximum Gasteiger partial charge on any atom is 0.161 e. The van der Waals surface area contributed by atoms with Crippen molar-refractivity contribution in [3.63, 3.8) is 0 Å². The summed E-state index contributed by atoms with van der Waals surface area (Å²) in [6.45, 7) is 3.81. The van der Waals surface area contributed by atoms with Gasteiger partial charge in [-0.15, -0.1) is 0 Å². The Labute approximate surface area is 204 Å². The van der Waals surface area contributed by atoms with Crippen LogP contribution in [-0.4, -0.2) is 71.8 Å². The third-order valence-electron chi connectivity index (χ3n) is 5.54. The highest BCUT2D eigenvalue weighted by Crippen LogP contribution is 2.29. The van der Waals surface area contributed by atoms with E-state index in [-0.39, 0.29) is 13.2 Å². The van der Waals surface area contributed by atoms with Crippen LogP contribution in [0.25, 0.3) is 0 Å². The van der Waals surface area contributed by atoms with Crippen LogP contribution in [0, 0.1) is 0 Å². The highest BCUT2D eigenvalue weighted by Gasteiger charge is 2.33. The van der Waals surface area contributed by atoms with Crippen molar-refractivity contribution in [3.8, 4) is 17.2 Å². The van der Waals surface area contributed by atoms with Crippen molar-refractivity contribution in [1.29, 1.82) is 0 Å². The number of rotatable bonds is 10. The summed E-state index contributed by atoms with van der Waals surface area (Å²) in [6.07, 6.45) is 5.40. The quantitative estimate of drug-likeness (QED) is 0.470. The highest BCUT2D eigenvalue weighted by molar-refractivity contribution is 6.30. The lowest BCUT2D eigenvalue weighted by atomic mass is 10.1. The van der Waals surface area contributed by atoms with Crippen LogP contribution in [0.3, 0.4) is 0 Å². The molecule has 2 heterocycles. The molecule has 8 nitrogen and oxygen atoms in total. The van der Waals surface area contributed by atoms with Crippen molar-refractivity contribution in [2.75, 3.05) is 46.6 Å². The van der Waals surface area contributed by atoms with Crippen LogP contribution in [-0.2, 0) is 17.8 Å². The van der Waals surface area contributed by atoms with Gasteiger partial charge in [0.1, 0.15) is 24.6 Å². The number of ether oxygens (including phenoxy) is 4. The van der Waals surface area contributed by atoms with Crippen molar-refractivity contribution in [2.45, 2.75) is 18.7 Å². The van der Waals surface area contributed by atoms with E-state index in [1.54, 1.807) is 31.8 Å². The largest absolute Gasteiger partial charge is 0.493 e. The predicted octanol–water partition coefficient (Wildman–Crippen LogP) is 3.27. The van der Waals surface area contributed by atoms with E-state index in [1.807, 2.05) is 41.1 Å². The van der Waals surface area contributed by atoms with Crippen LogP contribution in [0.5, 0.6) is 17.2 Å². The average Bonchev–Trinajstić information content (AvgIpc) is 3.28. The number of nitrogens with zero attached hydrogens (tertiary/aromatic N) is 3. The van der Waals surface area contributed by atoms with Gasteiger partial charge in [0, 0.05) is 37.1 Å². The first-order valence-electron chi connectivity index (χ1n) is 11.2. The van der Waals surface area contributed by atoms with Gasteiger partial charge in [0.05, 0.1) is 33.2 Å². The lowest BCUT2D eigenvalue weighted by Crippen LogP contribution is -2.48. The lowest BCUT2D eigenvalue weighted by Gasteiger charge is -2.30. The normalized spacial score (nSPS) is 18.9. The van der Waals surface area contributed by atoms with Gasteiger partial charge in [-0.25, -0.2) is 4.98 Å². The van der Waals surface area contributed by atoms with Gasteiger partial charge in [-0.3, -0.25) is 4.90 Å². The number of hydrogen-bond acceptors (Lipinski definition) is 7. The van der Waals surface area contributed by atoms with Crippen LogP contribution in [0.4, 0.5) is 0 Å². The molecule has 1 fully saturated rings. The van der Waals surface area contributed by atoms with Gasteiger partial charge in [0.25, 0.3) is 0 Å². The Morgan fingerprint density at radius 2 is 2.09 bits per heavy atom. The minimum Gasteiger partial charge on any atom is -0.493 e. The fraction of sp³-hybridized carbons (Fsp3) is 0.400. The molecule has 1 aromatic heterocycles. The molecule has 2 aromatic carbocycles. The van der Waals surface area contributed by atoms with Gasteiger partial charge in [0.15, 0.2) is 11.5 Å². The first-order chi connectivity index (χ1) is 16.5. The summed E-state index contributed by atoms with van der Waals surface area (Å²) in [4.78, 5) is 6.19. The van der Waals surface area contributed by atoms with E-state index >= 15 is 0 Å². The minimum atomic E-state index is -1.14. The summed E-state index contributed by atoms with van der Waals surface area (Å²) in [6, 6.07) is 13.1. The maximum absolute atomic E-state index is 11.2. The molecule has 9 heteroatoms. The molecule has 0 radical (unpaired) electrons. The Morgan fingerprint density at radius 3 is 2.88 bits per heavy atom. The van der Waals surface area contributed by atoms with Crippen LogP contribution in [0.15, 0.2) is 61.2 Å². The van der Waals surface area contributed by atoms with Crippen molar-refractivity contribution in [2.24, 2.45) is 0 Å². The second kappa shape index (κ2) is 11.6. The predicted molar refractivity (Wildman–Crippen MR) is 129 cm³/mol. The molecular formula is C25H30ClN3O5. The van der Waals surface area contributed by atoms with Crippen molar-refractivity contribution in [1.82, 2.24) is 14.5 Å². The molecule has 0 spiro atoms. The van der Waals surface area contributed by atoms with Gasteiger partial charge in [0.2, 0.25) is 0 Å². The minimum absolute atomic E-state index is 0.108. The third kappa shape index (κ3) is 6.87. The zero-order valence-corrected chi connectivity index (χ0v) is 20.0. The van der Waals surface area contributed by atoms with Crippen molar-refractivity contribution in [3.05, 3.63) is 71.8 Å². The summed E-state index contributed by atoms with van der Waals surface area (Å²) in [5.41, 5.74) is -0.0851. The van der Waals surface area contributed by atoms with Crippen molar-refractivity contribution >= 4 is 11.6 Å². The fourth-order valence-corrected chi connectivity index (χ4v) is 4.04. The molecular weight excluding hydrogens is 458 g/mol. The first-order valence-corrected chi connectivity index (χ1v) is 11.6. The van der Waals surface area contributed by atoms with Crippen LogP contribution >= 0.6 is 11.6 Å². The van der Waals surface area contributed by atoms with E-state index in [1.165, 1.54) is 0 Å². The molecule has 182 valence electrons. The topological polar surface area (TPSA) is 78.2 Å². The molecule has 1 aliphatic rings. The summed E-state index contributed by atoms with van der Waals surface area (Å²) >= 11 is 6.03. The third-order valence-corrected chi connectivity index (χ3v) is 5.78. The monoisotopic (exact) mass is 487 g/mol. The van der Waals surface area contributed by atoms with E-state index in [0.717, 1.165) is 5.56 Å². The van der Waals surface area contributed by atoms with Crippen molar-refractivity contribution < 1.29 is 24.1 Å². The van der Waals surface area contributed by atoms with Crippen LogP contribution in [0.1, 0.15) is 5.56 Å². The average molecular weight is 488 g/mol. The zero-order chi connectivity index (χ0) is 23.8. The Kier molecular flexibility index (Phi) is 8.29. The molecule has 1 saturated heterocycles. The number of methoxy groups -OCH3 is 1. The molecule has 0 bridgehead atoms. The van der Waals surface area contributed by atoms with Gasteiger partial charge < -0.3 is 28.6 Å². The van der Waals surface area contributed by atoms with E-state index in [0.29, 0.717) is 61.7 Å². The number of imidazole rings is 1. The van der Waals surface area contributed by atoms with Crippen LogP contribution < -0.4 is 14.2 Å². The Hall–Kier alpha value is -2.78. The lowest BCUT2D eigenvalue weighted by molar-refractivity contribution is -0.0646. The summed E-state index contributed by atoms with van der Waals surface area (Å²) in [5.74, 6) is 1.98. The Balaban J connectivity index is 1.35. The fourth-order valence-electron chi connectivity index (χ4n) is 3.86. The first kappa shape index (κ1) is 24.3. The number of β-amino-alcohol motifs (C(OH)–C–C–N with tert-alkyl or cyclic N) is 1. The Bertz CT molecular complexity index is 1050. The molecule has 0 aliphatic carbocycles. The van der Waals surface area contributed by atoms with E-state index in [2.05, 4.69) is 9.88 Å². The van der Waals surface area contributed by atoms with Gasteiger partial charge in [-0.05, 0) is 35.9 Å². The summed E-state index contributed by atoms with van der Waals surface area (Å²) in [5, 5.41) is 11.8. The molecule has 0 saturated carbocycles. The summed E-state index contributed by atoms with van der Waals surface area (Å²) < 4.78 is 24.9. The smallest absolute Gasteiger partial charge is 0.161 e. The summed E-state index contributed by atoms with van der Waals surface area (Å²) in [7, 11) is 1.63. The number of aromatic nitrogens is 2.